The number of nitro groups is 1. The van der Waals surface area contributed by atoms with Gasteiger partial charge in [0.15, 0.2) is 0 Å². The maximum Gasteiger partial charge on any atom is 0.305 e. The largest absolute Gasteiger partial charge is 0.481 e. The highest BCUT2D eigenvalue weighted by Gasteiger charge is 2.37. The van der Waals surface area contributed by atoms with E-state index in [1.807, 2.05) is 0 Å². The number of aromatic nitrogens is 1. The van der Waals surface area contributed by atoms with Gasteiger partial charge in [-0.2, -0.15) is 0 Å². The fourth-order valence-electron chi connectivity index (χ4n) is 3.12. The van der Waals surface area contributed by atoms with Crippen molar-refractivity contribution in [3.8, 4) is 0 Å². The van der Waals surface area contributed by atoms with Crippen LogP contribution < -0.4 is 5.32 Å². The van der Waals surface area contributed by atoms with Crippen molar-refractivity contribution in [1.82, 2.24) is 10.3 Å². The summed E-state index contributed by atoms with van der Waals surface area (Å²) in [6.07, 6.45) is 0.583. The molecule has 0 saturated carbocycles. The van der Waals surface area contributed by atoms with Crippen LogP contribution in [-0.2, 0) is 9.53 Å². The predicted octanol–water partition coefficient (Wildman–Crippen LogP) is 1.83. The molecule has 3 rings (SSSR count). The third kappa shape index (κ3) is 3.45. The van der Waals surface area contributed by atoms with Gasteiger partial charge in [0.25, 0.3) is 11.6 Å². The number of nitro benzene ring substituents is 1. The van der Waals surface area contributed by atoms with Crippen LogP contribution in [0, 0.1) is 10.1 Å². The van der Waals surface area contributed by atoms with Crippen LogP contribution in [0.5, 0.6) is 0 Å². The predicted molar refractivity (Wildman–Crippen MR) is 87.5 cm³/mol. The lowest BCUT2D eigenvalue weighted by Crippen LogP contribution is -2.53. The van der Waals surface area contributed by atoms with Crippen LogP contribution in [0.3, 0.4) is 0 Å². The number of ether oxygens (including phenoxy) is 1. The van der Waals surface area contributed by atoms with E-state index in [9.17, 15) is 19.7 Å². The molecule has 2 aromatic rings. The number of carboxylic acid groups (broad SMARTS) is 1. The summed E-state index contributed by atoms with van der Waals surface area (Å²) in [6, 6.07) is 6.08. The zero-order valence-electron chi connectivity index (χ0n) is 13.3. The molecule has 1 aliphatic heterocycles. The van der Waals surface area contributed by atoms with Crippen LogP contribution in [0.2, 0.25) is 0 Å². The van der Waals surface area contributed by atoms with Gasteiger partial charge in [-0.3, -0.25) is 19.7 Å². The number of benzene rings is 1. The second-order valence-electron chi connectivity index (χ2n) is 6.10. The van der Waals surface area contributed by atoms with Crippen LogP contribution in [0.15, 0.2) is 24.3 Å². The number of carbonyl (C=O) groups excluding carboxylic acids is 1. The number of nitrogens with zero attached hydrogens (tertiary/aromatic N) is 1. The first-order valence-corrected chi connectivity index (χ1v) is 7.78. The van der Waals surface area contributed by atoms with Gasteiger partial charge in [-0.1, -0.05) is 12.1 Å². The van der Waals surface area contributed by atoms with Gasteiger partial charge in [0.1, 0.15) is 11.2 Å². The number of nitrogens with one attached hydrogen (secondary N) is 2. The quantitative estimate of drug-likeness (QED) is 0.558. The highest BCUT2D eigenvalue weighted by atomic mass is 16.6. The molecule has 1 fully saturated rings. The Morgan fingerprint density at radius 2 is 2.08 bits per heavy atom. The molecule has 25 heavy (non-hydrogen) atoms. The van der Waals surface area contributed by atoms with E-state index in [4.69, 9.17) is 9.84 Å². The number of rotatable bonds is 5. The van der Waals surface area contributed by atoms with E-state index >= 15 is 0 Å². The van der Waals surface area contributed by atoms with Gasteiger partial charge in [0.2, 0.25) is 0 Å². The summed E-state index contributed by atoms with van der Waals surface area (Å²) in [5.74, 6) is -1.50. The van der Waals surface area contributed by atoms with E-state index < -0.39 is 22.3 Å². The van der Waals surface area contributed by atoms with Gasteiger partial charge < -0.3 is 20.1 Å². The molecule has 0 spiro atoms. The van der Waals surface area contributed by atoms with E-state index in [0.717, 1.165) is 0 Å². The molecule has 0 atom stereocenters. The van der Waals surface area contributed by atoms with Gasteiger partial charge in [-0.25, -0.2) is 0 Å². The molecule has 9 nitrogen and oxygen atoms in total. The summed E-state index contributed by atoms with van der Waals surface area (Å²) >= 11 is 0. The Morgan fingerprint density at radius 3 is 2.72 bits per heavy atom. The molecule has 1 amide bonds. The molecule has 1 aliphatic rings. The van der Waals surface area contributed by atoms with Crippen LogP contribution in [-0.4, -0.2) is 45.6 Å². The van der Waals surface area contributed by atoms with E-state index in [2.05, 4.69) is 10.3 Å². The zero-order chi connectivity index (χ0) is 18.0. The van der Waals surface area contributed by atoms with E-state index in [1.54, 1.807) is 12.1 Å². The van der Waals surface area contributed by atoms with Gasteiger partial charge in [-0.05, 0) is 18.9 Å². The lowest BCUT2D eigenvalue weighted by molar-refractivity contribution is -0.383. The first-order chi connectivity index (χ1) is 11.9. The minimum atomic E-state index is -1.01. The second-order valence-corrected chi connectivity index (χ2v) is 6.10. The third-order valence-electron chi connectivity index (χ3n) is 4.39. The highest BCUT2D eigenvalue weighted by Crippen LogP contribution is 2.28. The summed E-state index contributed by atoms with van der Waals surface area (Å²) in [6.45, 7) is 0.734. The molecule has 0 bridgehead atoms. The molecule has 9 heteroatoms. The van der Waals surface area contributed by atoms with E-state index in [0.29, 0.717) is 31.4 Å². The van der Waals surface area contributed by atoms with Crippen LogP contribution in [0.4, 0.5) is 5.69 Å². The SMILES string of the molecule is O=C(O)CC1(NC(=O)c2cc3cccc([N+](=O)[O-])c3[nH]2)CCOCC1. The third-order valence-corrected chi connectivity index (χ3v) is 4.39. The van der Waals surface area contributed by atoms with Gasteiger partial charge in [-0.15, -0.1) is 0 Å². The maximum absolute atomic E-state index is 12.6. The van der Waals surface area contributed by atoms with E-state index in [-0.39, 0.29) is 23.3 Å². The number of para-hydroxylation sites is 1. The van der Waals surface area contributed by atoms with Crippen molar-refractivity contribution in [2.45, 2.75) is 24.8 Å². The molecule has 1 aromatic carbocycles. The number of H-pyrrole nitrogens is 1. The first kappa shape index (κ1) is 16.9. The summed E-state index contributed by atoms with van der Waals surface area (Å²) in [5.41, 5.74) is -0.593. The number of hydrogen-bond acceptors (Lipinski definition) is 5. The van der Waals surface area contributed by atoms with Crippen molar-refractivity contribution in [1.29, 1.82) is 0 Å². The molecule has 3 N–H and O–H groups in total. The molecule has 1 aromatic heterocycles. The Hall–Kier alpha value is -2.94. The van der Waals surface area contributed by atoms with Gasteiger partial charge >= 0.3 is 5.97 Å². The maximum atomic E-state index is 12.6. The Morgan fingerprint density at radius 1 is 1.36 bits per heavy atom. The highest BCUT2D eigenvalue weighted by molar-refractivity contribution is 6.00. The molecule has 132 valence electrons. The van der Waals surface area contributed by atoms with Crippen molar-refractivity contribution >= 4 is 28.5 Å². The van der Waals surface area contributed by atoms with Crippen molar-refractivity contribution in [3.63, 3.8) is 0 Å². The molecule has 1 saturated heterocycles. The number of aliphatic carboxylic acids is 1. The molecular weight excluding hydrogens is 330 g/mol. The van der Waals surface area contributed by atoms with E-state index in [1.165, 1.54) is 12.1 Å². The minimum absolute atomic E-state index is 0.122. The number of hydrogen-bond donors (Lipinski definition) is 3. The minimum Gasteiger partial charge on any atom is -0.481 e. The Bertz CT molecular complexity index is 838. The summed E-state index contributed by atoms with van der Waals surface area (Å²) in [4.78, 5) is 37.1. The van der Waals surface area contributed by atoms with Crippen LogP contribution in [0.1, 0.15) is 29.8 Å². The molecule has 0 radical (unpaired) electrons. The number of non-ortho nitro benzene ring substituents is 1. The lowest BCUT2D eigenvalue weighted by atomic mass is 9.86. The topological polar surface area (TPSA) is 135 Å². The average molecular weight is 347 g/mol. The number of carboxylic acids is 1. The van der Waals surface area contributed by atoms with Crippen molar-refractivity contribution < 1.29 is 24.4 Å². The number of aromatic amines is 1. The molecule has 2 heterocycles. The molecule has 0 unspecified atom stereocenters. The van der Waals surface area contributed by atoms with Crippen molar-refractivity contribution in [2.75, 3.05) is 13.2 Å². The first-order valence-electron chi connectivity index (χ1n) is 7.78. The number of amides is 1. The standard InChI is InChI=1S/C16H17N3O6/c20-13(21)9-16(4-6-25-7-5-16)18-15(22)11-8-10-2-1-3-12(19(23)24)14(10)17-11/h1-3,8,17H,4-7,9H2,(H,18,22)(H,20,21). The number of carbonyl (C=O) groups is 2. The Labute approximate surface area is 142 Å². The van der Waals surface area contributed by atoms with Gasteiger partial charge in [0.05, 0.1) is 16.9 Å². The summed E-state index contributed by atoms with van der Waals surface area (Å²) in [5, 5.41) is 23.6. The number of fused-ring (bicyclic) bond motifs is 1. The normalized spacial score (nSPS) is 16.5. The molecule has 0 aliphatic carbocycles. The monoisotopic (exact) mass is 347 g/mol. The molecular formula is C16H17N3O6. The van der Waals surface area contributed by atoms with Crippen LogP contribution >= 0.6 is 0 Å². The van der Waals surface area contributed by atoms with Crippen molar-refractivity contribution in [3.05, 3.63) is 40.1 Å². The lowest BCUT2D eigenvalue weighted by Gasteiger charge is -2.36. The summed E-state index contributed by atoms with van der Waals surface area (Å²) in [7, 11) is 0. The van der Waals surface area contributed by atoms with Gasteiger partial charge in [0, 0.05) is 24.7 Å². The smallest absolute Gasteiger partial charge is 0.305 e. The Balaban J connectivity index is 1.89. The van der Waals surface area contributed by atoms with Crippen molar-refractivity contribution in [2.24, 2.45) is 0 Å². The zero-order valence-corrected chi connectivity index (χ0v) is 13.3. The fourth-order valence-corrected chi connectivity index (χ4v) is 3.12. The average Bonchev–Trinajstić information content (AvgIpc) is 2.98. The Kier molecular flexibility index (Phi) is 4.41. The fraction of sp³-hybridized carbons (Fsp3) is 0.375. The van der Waals surface area contributed by atoms with Crippen LogP contribution in [0.25, 0.3) is 10.9 Å². The second kappa shape index (κ2) is 6.52. The summed E-state index contributed by atoms with van der Waals surface area (Å²) < 4.78 is 5.26.